The van der Waals surface area contributed by atoms with Crippen molar-refractivity contribution < 1.29 is 4.79 Å². The minimum atomic E-state index is -0.524. The van der Waals surface area contributed by atoms with E-state index in [-0.39, 0.29) is 17.9 Å². The Morgan fingerprint density at radius 1 is 1.30 bits per heavy atom. The first-order valence-corrected chi connectivity index (χ1v) is 6.80. The van der Waals surface area contributed by atoms with E-state index in [4.69, 9.17) is 5.73 Å². The molecule has 0 aliphatic rings. The molecule has 0 saturated carbocycles. The quantitative estimate of drug-likeness (QED) is 0.892. The Balaban J connectivity index is 2.23. The number of rotatable bonds is 4. The molecule has 0 saturated heterocycles. The fraction of sp³-hybridized carbons (Fsp3) is 0.500. The van der Waals surface area contributed by atoms with Crippen LogP contribution < -0.4 is 11.1 Å². The van der Waals surface area contributed by atoms with Crippen molar-refractivity contribution in [1.82, 2.24) is 14.8 Å². The summed E-state index contributed by atoms with van der Waals surface area (Å²) < 4.78 is 1.85. The number of nitrogens with one attached hydrogen (secondary N) is 1. The average molecular weight is 275 g/mol. The molecule has 0 spiro atoms. The molecule has 0 bridgehead atoms. The highest BCUT2D eigenvalue weighted by atomic mass is 16.2. The van der Waals surface area contributed by atoms with Crippen LogP contribution in [0.4, 0.5) is 5.69 Å². The van der Waals surface area contributed by atoms with E-state index in [2.05, 4.69) is 15.4 Å². The van der Waals surface area contributed by atoms with Gasteiger partial charge in [-0.1, -0.05) is 13.8 Å². The number of carbonyl (C=O) groups excluding carboxylic acids is 1. The summed E-state index contributed by atoms with van der Waals surface area (Å²) in [5.41, 5.74) is 7.27. The first-order chi connectivity index (χ1) is 9.40. The Hall–Kier alpha value is -1.95. The lowest BCUT2D eigenvalue weighted by atomic mass is 10.1. The van der Waals surface area contributed by atoms with E-state index in [0.29, 0.717) is 5.69 Å². The molecule has 1 atom stereocenters. The van der Waals surface area contributed by atoms with Crippen LogP contribution in [0.2, 0.25) is 0 Å². The van der Waals surface area contributed by atoms with Crippen LogP contribution in [-0.4, -0.2) is 26.7 Å². The van der Waals surface area contributed by atoms with Crippen LogP contribution in [0.1, 0.15) is 33.7 Å². The second-order valence-corrected chi connectivity index (χ2v) is 5.58. The lowest BCUT2D eigenvalue weighted by Gasteiger charge is -2.15. The van der Waals surface area contributed by atoms with E-state index in [1.807, 2.05) is 38.4 Å². The van der Waals surface area contributed by atoms with E-state index >= 15 is 0 Å². The molecule has 0 aliphatic heterocycles. The van der Waals surface area contributed by atoms with Crippen LogP contribution in [0.25, 0.3) is 11.0 Å². The second-order valence-electron chi connectivity index (χ2n) is 5.58. The van der Waals surface area contributed by atoms with Gasteiger partial charge in [-0.05, 0) is 25.8 Å². The standard InChI is InChI=1S/C14H21N5O/c1-8(2)12(15)14(20)18-11-5-10-6-17-19(9(3)4)13(10)16-7-11/h5-9,12H,15H2,1-4H3,(H,18,20)/t12-/m1/s1. The molecule has 1 amide bonds. The molecule has 108 valence electrons. The Bertz CT molecular complexity index is 617. The molecule has 3 N–H and O–H groups in total. The SMILES string of the molecule is CC(C)[C@@H](N)C(=O)Nc1cnc2c(cnn2C(C)C)c1. The summed E-state index contributed by atoms with van der Waals surface area (Å²) in [5.74, 6) is -0.104. The summed E-state index contributed by atoms with van der Waals surface area (Å²) in [5, 5.41) is 7.98. The van der Waals surface area contributed by atoms with Crippen LogP contribution in [0, 0.1) is 5.92 Å². The maximum atomic E-state index is 11.9. The number of nitrogens with zero attached hydrogens (tertiary/aromatic N) is 3. The molecule has 20 heavy (non-hydrogen) atoms. The summed E-state index contributed by atoms with van der Waals surface area (Å²) in [7, 11) is 0. The van der Waals surface area contributed by atoms with Gasteiger partial charge in [0.2, 0.25) is 5.91 Å². The smallest absolute Gasteiger partial charge is 0.241 e. The van der Waals surface area contributed by atoms with Gasteiger partial charge >= 0.3 is 0 Å². The third kappa shape index (κ3) is 2.80. The van der Waals surface area contributed by atoms with Crippen molar-refractivity contribution in [3.05, 3.63) is 18.5 Å². The Labute approximate surface area is 118 Å². The molecule has 2 aromatic rings. The van der Waals surface area contributed by atoms with E-state index < -0.39 is 6.04 Å². The van der Waals surface area contributed by atoms with Gasteiger partial charge in [0.25, 0.3) is 0 Å². The lowest BCUT2D eigenvalue weighted by Crippen LogP contribution is -2.39. The first-order valence-electron chi connectivity index (χ1n) is 6.80. The van der Waals surface area contributed by atoms with Crippen molar-refractivity contribution >= 4 is 22.6 Å². The van der Waals surface area contributed by atoms with Crippen molar-refractivity contribution in [2.75, 3.05) is 5.32 Å². The second kappa shape index (κ2) is 5.58. The number of aromatic nitrogens is 3. The Kier molecular flexibility index (Phi) is 4.04. The van der Waals surface area contributed by atoms with Gasteiger partial charge in [-0.3, -0.25) is 4.79 Å². The van der Waals surface area contributed by atoms with Gasteiger partial charge in [-0.2, -0.15) is 5.10 Å². The molecule has 0 aliphatic carbocycles. The number of nitrogens with two attached hydrogens (primary N) is 1. The van der Waals surface area contributed by atoms with Crippen LogP contribution in [0.3, 0.4) is 0 Å². The van der Waals surface area contributed by atoms with Crippen LogP contribution in [0.15, 0.2) is 18.5 Å². The molecule has 2 aromatic heterocycles. The highest BCUT2D eigenvalue weighted by Gasteiger charge is 2.17. The number of amides is 1. The number of pyridine rings is 1. The zero-order valence-electron chi connectivity index (χ0n) is 12.3. The molecule has 0 aromatic carbocycles. The highest BCUT2D eigenvalue weighted by molar-refractivity contribution is 5.96. The maximum absolute atomic E-state index is 11.9. The molecule has 0 radical (unpaired) electrons. The van der Waals surface area contributed by atoms with Crippen LogP contribution >= 0.6 is 0 Å². The summed E-state index contributed by atoms with van der Waals surface area (Å²) in [6.07, 6.45) is 3.38. The average Bonchev–Trinajstić information content (AvgIpc) is 2.80. The summed E-state index contributed by atoms with van der Waals surface area (Å²) in [6.45, 7) is 7.92. The van der Waals surface area contributed by atoms with Crippen molar-refractivity contribution in [2.45, 2.75) is 39.8 Å². The largest absolute Gasteiger partial charge is 0.323 e. The molecule has 6 nitrogen and oxygen atoms in total. The number of hydrogen-bond donors (Lipinski definition) is 2. The minimum absolute atomic E-state index is 0.0929. The highest BCUT2D eigenvalue weighted by Crippen LogP contribution is 2.19. The third-order valence-corrected chi connectivity index (χ3v) is 3.21. The Morgan fingerprint density at radius 3 is 2.60 bits per heavy atom. The van der Waals surface area contributed by atoms with E-state index in [1.54, 1.807) is 12.4 Å². The van der Waals surface area contributed by atoms with E-state index in [1.165, 1.54) is 0 Å². The zero-order chi connectivity index (χ0) is 14.9. The molecule has 2 rings (SSSR count). The summed E-state index contributed by atoms with van der Waals surface area (Å²) >= 11 is 0. The molecule has 6 heteroatoms. The molecular formula is C14H21N5O. The summed E-state index contributed by atoms with van der Waals surface area (Å²) in [6, 6.07) is 1.58. The molecular weight excluding hydrogens is 254 g/mol. The Morgan fingerprint density at radius 2 is 2.00 bits per heavy atom. The number of anilines is 1. The van der Waals surface area contributed by atoms with Gasteiger partial charge in [0.1, 0.15) is 0 Å². The van der Waals surface area contributed by atoms with E-state index in [0.717, 1.165) is 11.0 Å². The predicted octanol–water partition coefficient (Wildman–Crippen LogP) is 1.93. The van der Waals surface area contributed by atoms with Gasteiger partial charge in [-0.15, -0.1) is 0 Å². The van der Waals surface area contributed by atoms with Gasteiger partial charge in [0.15, 0.2) is 5.65 Å². The molecule has 0 fully saturated rings. The van der Waals surface area contributed by atoms with Gasteiger partial charge < -0.3 is 11.1 Å². The maximum Gasteiger partial charge on any atom is 0.241 e. The van der Waals surface area contributed by atoms with Crippen molar-refractivity contribution in [1.29, 1.82) is 0 Å². The first kappa shape index (κ1) is 14.5. The molecule has 2 heterocycles. The molecule has 0 unspecified atom stereocenters. The normalized spacial score (nSPS) is 13.2. The monoisotopic (exact) mass is 275 g/mol. The topological polar surface area (TPSA) is 85.8 Å². The van der Waals surface area contributed by atoms with Crippen LogP contribution in [-0.2, 0) is 4.79 Å². The summed E-state index contributed by atoms with van der Waals surface area (Å²) in [4.78, 5) is 16.3. The third-order valence-electron chi connectivity index (χ3n) is 3.21. The van der Waals surface area contributed by atoms with Gasteiger partial charge in [-0.25, -0.2) is 9.67 Å². The number of carbonyl (C=O) groups is 1. The minimum Gasteiger partial charge on any atom is -0.323 e. The van der Waals surface area contributed by atoms with Crippen molar-refractivity contribution in [2.24, 2.45) is 11.7 Å². The predicted molar refractivity (Wildman–Crippen MR) is 79.4 cm³/mol. The van der Waals surface area contributed by atoms with Crippen LogP contribution in [0.5, 0.6) is 0 Å². The zero-order valence-corrected chi connectivity index (χ0v) is 12.3. The van der Waals surface area contributed by atoms with Gasteiger partial charge in [0, 0.05) is 11.4 Å². The number of fused-ring (bicyclic) bond motifs is 1. The lowest BCUT2D eigenvalue weighted by molar-refractivity contribution is -0.118. The van der Waals surface area contributed by atoms with Gasteiger partial charge in [0.05, 0.1) is 24.1 Å². The fourth-order valence-corrected chi connectivity index (χ4v) is 1.91. The van der Waals surface area contributed by atoms with Crippen molar-refractivity contribution in [3.8, 4) is 0 Å². The van der Waals surface area contributed by atoms with Crippen molar-refractivity contribution in [3.63, 3.8) is 0 Å². The van der Waals surface area contributed by atoms with E-state index in [9.17, 15) is 4.79 Å². The number of hydrogen-bond acceptors (Lipinski definition) is 4. The fourth-order valence-electron chi connectivity index (χ4n) is 1.91.